The molecule has 1 aromatic heterocycles. The Hall–Kier alpha value is -2.64. The molecule has 0 aliphatic heterocycles. The number of halogens is 1. The molecule has 0 aliphatic rings. The Morgan fingerprint density at radius 3 is 2.56 bits per heavy atom. The predicted octanol–water partition coefficient (Wildman–Crippen LogP) is 3.77. The van der Waals surface area contributed by atoms with Crippen molar-refractivity contribution in [3.05, 3.63) is 65.2 Å². The van der Waals surface area contributed by atoms with Gasteiger partial charge in [-0.25, -0.2) is 5.43 Å². The molecule has 0 bridgehead atoms. The molecule has 3 aromatic rings. The normalized spacial score (nSPS) is 11.4. The summed E-state index contributed by atoms with van der Waals surface area (Å²) in [5.74, 6) is 0.705. The number of rotatable bonds is 6. The van der Waals surface area contributed by atoms with Gasteiger partial charge in [-0.3, -0.25) is 4.79 Å². The van der Waals surface area contributed by atoms with Crippen molar-refractivity contribution in [1.29, 1.82) is 0 Å². The molecule has 0 unspecified atom stereocenters. The Morgan fingerprint density at radius 2 is 1.85 bits per heavy atom. The molecular formula is C19H18ClN5OS. The Kier molecular flexibility index (Phi) is 6.26. The van der Waals surface area contributed by atoms with Crippen LogP contribution in [0.25, 0.3) is 11.4 Å². The average molecular weight is 400 g/mol. The van der Waals surface area contributed by atoms with Crippen LogP contribution in [0.2, 0.25) is 5.02 Å². The van der Waals surface area contributed by atoms with Gasteiger partial charge in [0.05, 0.1) is 11.5 Å². The lowest BCUT2D eigenvalue weighted by molar-refractivity contribution is -0.118. The van der Waals surface area contributed by atoms with E-state index < -0.39 is 0 Å². The van der Waals surface area contributed by atoms with E-state index in [0.29, 0.717) is 16.0 Å². The van der Waals surface area contributed by atoms with Crippen LogP contribution in [0.3, 0.4) is 0 Å². The lowest BCUT2D eigenvalue weighted by atomic mass is 10.1. The van der Waals surface area contributed by atoms with Crippen LogP contribution in [0.4, 0.5) is 0 Å². The number of carbonyl (C=O) groups excluding carboxylic acids is 1. The van der Waals surface area contributed by atoms with E-state index in [4.69, 9.17) is 11.6 Å². The van der Waals surface area contributed by atoms with E-state index in [1.165, 1.54) is 11.8 Å². The van der Waals surface area contributed by atoms with E-state index in [0.717, 1.165) is 16.8 Å². The highest BCUT2D eigenvalue weighted by atomic mass is 35.5. The molecule has 3 rings (SSSR count). The zero-order valence-electron chi connectivity index (χ0n) is 14.9. The highest BCUT2D eigenvalue weighted by Crippen LogP contribution is 2.23. The number of aromatic nitrogens is 3. The number of hydrogen-bond acceptors (Lipinski definition) is 5. The number of hydrogen-bond donors (Lipinski definition) is 1. The van der Waals surface area contributed by atoms with Gasteiger partial charge in [0.1, 0.15) is 0 Å². The van der Waals surface area contributed by atoms with Crippen molar-refractivity contribution in [1.82, 2.24) is 20.2 Å². The number of thioether (sulfide) groups is 1. The van der Waals surface area contributed by atoms with E-state index in [9.17, 15) is 4.79 Å². The van der Waals surface area contributed by atoms with Crippen molar-refractivity contribution in [3.63, 3.8) is 0 Å². The molecule has 6 nitrogen and oxygen atoms in total. The largest absolute Gasteiger partial charge is 0.305 e. The van der Waals surface area contributed by atoms with Gasteiger partial charge in [-0.05, 0) is 36.8 Å². The quantitative estimate of drug-likeness (QED) is 0.389. The van der Waals surface area contributed by atoms with Crippen molar-refractivity contribution in [2.45, 2.75) is 12.1 Å². The number of hydrazone groups is 1. The molecule has 0 fully saturated rings. The lowest BCUT2D eigenvalue weighted by Gasteiger charge is -2.04. The number of benzene rings is 2. The first kappa shape index (κ1) is 19.1. The fraction of sp³-hybridized carbons (Fsp3) is 0.158. The molecule has 0 spiro atoms. The zero-order chi connectivity index (χ0) is 19.2. The second-order valence-electron chi connectivity index (χ2n) is 5.76. The molecule has 1 amide bonds. The van der Waals surface area contributed by atoms with Gasteiger partial charge >= 0.3 is 0 Å². The highest BCUT2D eigenvalue weighted by Gasteiger charge is 2.13. The Labute approximate surface area is 166 Å². The van der Waals surface area contributed by atoms with Crippen LogP contribution in [-0.2, 0) is 11.8 Å². The van der Waals surface area contributed by atoms with Crippen molar-refractivity contribution in [3.8, 4) is 11.4 Å². The first-order chi connectivity index (χ1) is 13.0. The van der Waals surface area contributed by atoms with Crippen LogP contribution in [0, 0.1) is 0 Å². The molecule has 1 N–H and O–H groups in total. The van der Waals surface area contributed by atoms with E-state index >= 15 is 0 Å². The summed E-state index contributed by atoms with van der Waals surface area (Å²) in [6.45, 7) is 1.85. The lowest BCUT2D eigenvalue weighted by Crippen LogP contribution is -2.21. The Balaban J connectivity index is 1.59. The van der Waals surface area contributed by atoms with Crippen molar-refractivity contribution < 1.29 is 4.79 Å². The number of amides is 1. The highest BCUT2D eigenvalue weighted by molar-refractivity contribution is 7.99. The number of carbonyl (C=O) groups is 1. The van der Waals surface area contributed by atoms with Crippen LogP contribution in [-0.4, -0.2) is 32.1 Å². The van der Waals surface area contributed by atoms with Crippen LogP contribution in [0.1, 0.15) is 12.5 Å². The summed E-state index contributed by atoms with van der Waals surface area (Å²) in [6.07, 6.45) is 0. The molecule has 2 aromatic carbocycles. The molecule has 0 saturated heterocycles. The van der Waals surface area contributed by atoms with Gasteiger partial charge in [0.15, 0.2) is 11.0 Å². The second-order valence-corrected chi connectivity index (χ2v) is 7.14. The fourth-order valence-corrected chi connectivity index (χ4v) is 3.17. The minimum atomic E-state index is -0.202. The van der Waals surface area contributed by atoms with E-state index in [-0.39, 0.29) is 11.7 Å². The van der Waals surface area contributed by atoms with Gasteiger partial charge in [0, 0.05) is 17.6 Å². The van der Waals surface area contributed by atoms with Gasteiger partial charge in [0.25, 0.3) is 5.91 Å². The molecule has 0 saturated carbocycles. The molecular weight excluding hydrogens is 382 g/mol. The second kappa shape index (κ2) is 8.83. The summed E-state index contributed by atoms with van der Waals surface area (Å²) in [6, 6.07) is 17.1. The van der Waals surface area contributed by atoms with Gasteiger partial charge in [-0.1, -0.05) is 53.7 Å². The molecule has 138 valence electrons. The SMILES string of the molecule is CC(=NNC(=O)CSc1nnc(-c2ccc(Cl)cc2)n1C)c1ccccc1. The molecule has 0 radical (unpaired) electrons. The standard InChI is InChI=1S/C19H18ClN5OS/c1-13(14-6-4-3-5-7-14)21-22-17(26)12-27-19-24-23-18(25(19)2)15-8-10-16(20)11-9-15/h3-11H,12H2,1-2H3,(H,22,26). The third kappa shape index (κ3) is 4.96. The minimum Gasteiger partial charge on any atom is -0.305 e. The number of nitrogens with one attached hydrogen (secondary N) is 1. The minimum absolute atomic E-state index is 0.193. The summed E-state index contributed by atoms with van der Waals surface area (Å²) in [5.41, 5.74) is 5.19. The number of nitrogens with zero attached hydrogens (tertiary/aromatic N) is 4. The molecule has 27 heavy (non-hydrogen) atoms. The Bertz CT molecular complexity index is 954. The maximum atomic E-state index is 12.1. The summed E-state index contributed by atoms with van der Waals surface area (Å²) in [5, 5.41) is 13.8. The van der Waals surface area contributed by atoms with E-state index in [1.807, 2.05) is 61.0 Å². The summed E-state index contributed by atoms with van der Waals surface area (Å²) >= 11 is 7.22. The first-order valence-electron chi connectivity index (χ1n) is 8.21. The maximum Gasteiger partial charge on any atom is 0.250 e. The molecule has 0 aliphatic carbocycles. The van der Waals surface area contributed by atoms with Crippen molar-refractivity contribution in [2.24, 2.45) is 12.1 Å². The predicted molar refractivity (Wildman–Crippen MR) is 109 cm³/mol. The Morgan fingerprint density at radius 1 is 1.15 bits per heavy atom. The van der Waals surface area contributed by atoms with Crippen LogP contribution in [0.5, 0.6) is 0 Å². The molecule has 8 heteroatoms. The monoisotopic (exact) mass is 399 g/mol. The average Bonchev–Trinajstić information content (AvgIpc) is 3.06. The first-order valence-corrected chi connectivity index (χ1v) is 9.57. The van der Waals surface area contributed by atoms with Crippen LogP contribution >= 0.6 is 23.4 Å². The smallest absolute Gasteiger partial charge is 0.250 e. The maximum absolute atomic E-state index is 12.1. The third-order valence-corrected chi connectivity index (χ3v) is 5.08. The van der Waals surface area contributed by atoms with Crippen molar-refractivity contribution in [2.75, 3.05) is 5.75 Å². The summed E-state index contributed by atoms with van der Waals surface area (Å²) in [4.78, 5) is 12.1. The van der Waals surface area contributed by atoms with Crippen LogP contribution < -0.4 is 5.43 Å². The van der Waals surface area contributed by atoms with Gasteiger partial charge < -0.3 is 4.57 Å². The summed E-state index contributed by atoms with van der Waals surface area (Å²) in [7, 11) is 1.86. The fourth-order valence-electron chi connectivity index (χ4n) is 2.34. The van der Waals surface area contributed by atoms with E-state index in [1.54, 1.807) is 12.1 Å². The molecule has 1 heterocycles. The van der Waals surface area contributed by atoms with Gasteiger partial charge in [0.2, 0.25) is 0 Å². The van der Waals surface area contributed by atoms with E-state index in [2.05, 4.69) is 20.7 Å². The van der Waals surface area contributed by atoms with Gasteiger partial charge in [-0.2, -0.15) is 5.10 Å². The third-order valence-electron chi connectivity index (χ3n) is 3.81. The topological polar surface area (TPSA) is 72.2 Å². The van der Waals surface area contributed by atoms with Gasteiger partial charge in [-0.15, -0.1) is 10.2 Å². The summed E-state index contributed by atoms with van der Waals surface area (Å²) < 4.78 is 1.85. The van der Waals surface area contributed by atoms with Crippen LogP contribution in [0.15, 0.2) is 64.9 Å². The zero-order valence-corrected chi connectivity index (χ0v) is 16.5. The molecule has 0 atom stereocenters. The van der Waals surface area contributed by atoms with Crippen molar-refractivity contribution >= 4 is 35.0 Å².